The second-order valence-corrected chi connectivity index (χ2v) is 7.01. The molecule has 0 aliphatic carbocycles. The fraction of sp³-hybridized carbons (Fsp3) is 0.357. The zero-order chi connectivity index (χ0) is 15.0. The maximum Gasteiger partial charge on any atom is 0.336 e. The van der Waals surface area contributed by atoms with Crippen molar-refractivity contribution in [3.05, 3.63) is 40.8 Å². The Kier molecular flexibility index (Phi) is 3.56. The van der Waals surface area contributed by atoms with Crippen LogP contribution in [0.3, 0.4) is 0 Å². The second kappa shape index (κ2) is 5.25. The molecule has 2 heterocycles. The third kappa shape index (κ3) is 2.59. The lowest BCUT2D eigenvalue weighted by atomic mass is 10.2. The normalized spacial score (nSPS) is 20.7. The number of fused-ring (bicyclic) bond motifs is 1. The lowest BCUT2D eigenvalue weighted by molar-refractivity contribution is 0.284. The molecule has 0 saturated carbocycles. The summed E-state index contributed by atoms with van der Waals surface area (Å²) < 4.78 is 32.0. The van der Waals surface area contributed by atoms with E-state index in [0.29, 0.717) is 30.6 Å². The van der Waals surface area contributed by atoms with E-state index in [-0.39, 0.29) is 10.9 Å². The van der Waals surface area contributed by atoms with Crippen molar-refractivity contribution < 1.29 is 12.8 Å². The van der Waals surface area contributed by atoms with Crippen molar-refractivity contribution in [3.8, 4) is 0 Å². The highest BCUT2D eigenvalue weighted by atomic mass is 32.2. The predicted molar refractivity (Wildman–Crippen MR) is 78.7 cm³/mol. The van der Waals surface area contributed by atoms with E-state index in [9.17, 15) is 13.2 Å². The number of sulfonamides is 1. The zero-order valence-electron chi connectivity index (χ0n) is 11.6. The molecule has 2 aromatic rings. The van der Waals surface area contributed by atoms with Crippen LogP contribution in [0.1, 0.15) is 6.92 Å². The monoisotopic (exact) mass is 308 g/mol. The Labute approximate surface area is 122 Å². The molecule has 1 fully saturated rings. The highest BCUT2D eigenvalue weighted by molar-refractivity contribution is 7.89. The molecule has 112 valence electrons. The molecule has 1 aliphatic heterocycles. The van der Waals surface area contributed by atoms with Gasteiger partial charge >= 0.3 is 5.63 Å². The van der Waals surface area contributed by atoms with Gasteiger partial charge in [-0.2, -0.15) is 4.31 Å². The van der Waals surface area contributed by atoms with E-state index in [4.69, 9.17) is 4.42 Å². The Balaban J connectivity index is 2.06. The number of hydrogen-bond acceptors (Lipinski definition) is 5. The van der Waals surface area contributed by atoms with Gasteiger partial charge in [0.2, 0.25) is 10.0 Å². The van der Waals surface area contributed by atoms with E-state index in [1.807, 2.05) is 6.92 Å². The van der Waals surface area contributed by atoms with Gasteiger partial charge in [0.05, 0.1) is 4.90 Å². The van der Waals surface area contributed by atoms with Crippen molar-refractivity contribution in [3.63, 3.8) is 0 Å². The van der Waals surface area contributed by atoms with Crippen LogP contribution in [-0.4, -0.2) is 38.4 Å². The number of hydrogen-bond donors (Lipinski definition) is 1. The van der Waals surface area contributed by atoms with E-state index in [1.54, 1.807) is 12.1 Å². The van der Waals surface area contributed by atoms with Crippen LogP contribution in [0.25, 0.3) is 11.0 Å². The Morgan fingerprint density at radius 3 is 2.86 bits per heavy atom. The predicted octanol–water partition coefficient (Wildman–Crippen LogP) is 0.775. The van der Waals surface area contributed by atoms with Gasteiger partial charge in [-0.25, -0.2) is 13.2 Å². The lowest BCUT2D eigenvalue weighted by Crippen LogP contribution is -2.52. The summed E-state index contributed by atoms with van der Waals surface area (Å²) >= 11 is 0. The van der Waals surface area contributed by atoms with Crippen molar-refractivity contribution >= 4 is 21.0 Å². The smallest absolute Gasteiger partial charge is 0.336 e. The van der Waals surface area contributed by atoms with Crippen LogP contribution in [0.15, 0.2) is 44.4 Å². The Hall–Kier alpha value is -1.70. The quantitative estimate of drug-likeness (QED) is 0.829. The molecule has 1 aromatic heterocycles. The van der Waals surface area contributed by atoms with Gasteiger partial charge in [-0.05, 0) is 31.2 Å². The average Bonchev–Trinajstić information content (AvgIpc) is 2.47. The summed E-state index contributed by atoms with van der Waals surface area (Å²) in [7, 11) is -3.54. The molecule has 0 spiro atoms. The molecule has 1 atom stereocenters. The zero-order valence-corrected chi connectivity index (χ0v) is 12.4. The molecule has 21 heavy (non-hydrogen) atoms. The topological polar surface area (TPSA) is 79.6 Å². The van der Waals surface area contributed by atoms with Crippen molar-refractivity contribution in [2.45, 2.75) is 17.9 Å². The summed E-state index contributed by atoms with van der Waals surface area (Å²) in [5.74, 6) is 0. The van der Waals surface area contributed by atoms with Crippen molar-refractivity contribution in [1.82, 2.24) is 9.62 Å². The summed E-state index contributed by atoms with van der Waals surface area (Å²) in [6.07, 6.45) is 0. The highest BCUT2D eigenvalue weighted by Crippen LogP contribution is 2.23. The summed E-state index contributed by atoms with van der Waals surface area (Å²) in [5, 5.41) is 3.76. The average molecular weight is 308 g/mol. The number of nitrogens with zero attached hydrogens (tertiary/aromatic N) is 1. The molecular weight excluding hydrogens is 292 g/mol. The maximum atomic E-state index is 12.7. The molecule has 1 N–H and O–H groups in total. The van der Waals surface area contributed by atoms with Gasteiger partial charge in [-0.3, -0.25) is 0 Å². The van der Waals surface area contributed by atoms with E-state index >= 15 is 0 Å². The van der Waals surface area contributed by atoms with Gasteiger partial charge in [0.15, 0.2) is 0 Å². The highest BCUT2D eigenvalue weighted by Gasteiger charge is 2.30. The van der Waals surface area contributed by atoms with Crippen LogP contribution in [-0.2, 0) is 10.0 Å². The van der Waals surface area contributed by atoms with Crippen molar-refractivity contribution in [2.75, 3.05) is 19.6 Å². The molecule has 0 radical (unpaired) electrons. The molecule has 1 aromatic carbocycles. The maximum absolute atomic E-state index is 12.7. The van der Waals surface area contributed by atoms with Crippen LogP contribution in [0, 0.1) is 0 Å². The Bertz CT molecular complexity index is 828. The molecule has 1 aliphatic rings. The molecule has 1 unspecified atom stereocenters. The first-order valence-corrected chi connectivity index (χ1v) is 8.19. The minimum Gasteiger partial charge on any atom is -0.423 e. The Morgan fingerprint density at radius 2 is 2.10 bits per heavy atom. The summed E-state index contributed by atoms with van der Waals surface area (Å²) in [4.78, 5) is 11.4. The first-order valence-electron chi connectivity index (χ1n) is 6.75. The van der Waals surface area contributed by atoms with Crippen LogP contribution < -0.4 is 10.9 Å². The second-order valence-electron chi connectivity index (χ2n) is 5.12. The van der Waals surface area contributed by atoms with Gasteiger partial charge in [-0.15, -0.1) is 0 Å². The van der Waals surface area contributed by atoms with E-state index < -0.39 is 15.6 Å². The van der Waals surface area contributed by atoms with Crippen LogP contribution in [0.2, 0.25) is 0 Å². The van der Waals surface area contributed by atoms with E-state index in [0.717, 1.165) is 0 Å². The molecule has 0 amide bonds. The summed E-state index contributed by atoms with van der Waals surface area (Å²) in [6, 6.07) is 7.31. The first kappa shape index (κ1) is 14.2. The Morgan fingerprint density at radius 1 is 1.29 bits per heavy atom. The first-order chi connectivity index (χ1) is 9.98. The standard InChI is InChI=1S/C14H16N2O4S/c1-10-9-15-6-7-16(10)21(18,19)12-3-4-13-11(8-12)2-5-14(17)20-13/h2-5,8,10,15H,6-7,9H2,1H3. The molecular formula is C14H16N2O4S. The fourth-order valence-electron chi connectivity index (χ4n) is 2.53. The minimum atomic E-state index is -3.54. The molecule has 1 saturated heterocycles. The van der Waals surface area contributed by atoms with Crippen molar-refractivity contribution in [1.29, 1.82) is 0 Å². The SMILES string of the molecule is CC1CNCCN1S(=O)(=O)c1ccc2oc(=O)ccc2c1. The minimum absolute atomic E-state index is 0.0897. The van der Waals surface area contributed by atoms with Crippen LogP contribution in [0.5, 0.6) is 0 Å². The fourth-order valence-corrected chi connectivity index (χ4v) is 4.19. The number of benzene rings is 1. The van der Waals surface area contributed by atoms with E-state index in [2.05, 4.69) is 5.32 Å². The van der Waals surface area contributed by atoms with Gasteiger partial charge in [0.1, 0.15) is 5.58 Å². The number of piperazine rings is 1. The van der Waals surface area contributed by atoms with Gasteiger partial charge in [-0.1, -0.05) is 0 Å². The third-order valence-electron chi connectivity index (χ3n) is 3.64. The van der Waals surface area contributed by atoms with Gasteiger partial charge in [0, 0.05) is 37.1 Å². The third-order valence-corrected chi connectivity index (χ3v) is 5.65. The number of rotatable bonds is 2. The summed E-state index contributed by atoms with van der Waals surface area (Å²) in [5.41, 5.74) is -0.0661. The van der Waals surface area contributed by atoms with Crippen molar-refractivity contribution in [2.24, 2.45) is 0 Å². The summed E-state index contributed by atoms with van der Waals surface area (Å²) in [6.45, 7) is 3.61. The molecule has 0 bridgehead atoms. The van der Waals surface area contributed by atoms with E-state index in [1.165, 1.54) is 22.5 Å². The van der Waals surface area contributed by atoms with Gasteiger partial charge in [0.25, 0.3) is 0 Å². The molecule has 7 heteroatoms. The molecule has 3 rings (SSSR count). The van der Waals surface area contributed by atoms with Crippen LogP contribution in [0.4, 0.5) is 0 Å². The largest absolute Gasteiger partial charge is 0.423 e. The van der Waals surface area contributed by atoms with Gasteiger partial charge < -0.3 is 9.73 Å². The van der Waals surface area contributed by atoms with Crippen LogP contribution >= 0.6 is 0 Å². The number of nitrogens with one attached hydrogen (secondary N) is 1. The lowest BCUT2D eigenvalue weighted by Gasteiger charge is -2.32. The molecule has 6 nitrogen and oxygen atoms in total.